The maximum atomic E-state index is 11.2. The molecule has 0 amide bonds. The fourth-order valence-corrected chi connectivity index (χ4v) is 1.25. The molecule has 0 saturated carbocycles. The molecule has 0 aliphatic rings. The molecule has 0 radical (unpaired) electrons. The number of esters is 1. The van der Waals surface area contributed by atoms with Gasteiger partial charge in [-0.05, 0) is 13.0 Å². The van der Waals surface area contributed by atoms with Crippen molar-refractivity contribution in [3.05, 3.63) is 24.3 Å². The number of ether oxygens (including phenoxy) is 1. The summed E-state index contributed by atoms with van der Waals surface area (Å²) in [6, 6.07) is 1.75. The fourth-order valence-electron chi connectivity index (χ4n) is 1.25. The lowest BCUT2D eigenvalue weighted by atomic mass is 10.4. The topological polar surface area (TPSA) is 69.4 Å². The van der Waals surface area contributed by atoms with Crippen molar-refractivity contribution in [2.45, 2.75) is 13.3 Å². The van der Waals surface area contributed by atoms with Crippen molar-refractivity contribution in [2.75, 3.05) is 6.61 Å². The highest BCUT2D eigenvalue weighted by Crippen LogP contribution is 2.01. The first kappa shape index (κ1) is 9.57. The molecular formula is C9H10N4O2. The van der Waals surface area contributed by atoms with E-state index in [0.717, 1.165) is 0 Å². The van der Waals surface area contributed by atoms with Gasteiger partial charge in [-0.3, -0.25) is 9.20 Å². The molecule has 2 heterocycles. The van der Waals surface area contributed by atoms with Crippen molar-refractivity contribution in [2.24, 2.45) is 0 Å². The highest BCUT2D eigenvalue weighted by molar-refractivity contribution is 5.71. The summed E-state index contributed by atoms with van der Waals surface area (Å²) in [6.07, 6.45) is 3.50. The molecule has 0 fully saturated rings. The van der Waals surface area contributed by atoms with Gasteiger partial charge in [0.1, 0.15) is 12.2 Å². The van der Waals surface area contributed by atoms with Gasteiger partial charge in [-0.25, -0.2) is 4.98 Å². The molecule has 0 spiro atoms. The summed E-state index contributed by atoms with van der Waals surface area (Å²) in [6.45, 7) is 2.13. The minimum absolute atomic E-state index is 0.112. The Balaban J connectivity index is 2.25. The lowest BCUT2D eigenvalue weighted by Crippen LogP contribution is -2.10. The summed E-state index contributed by atoms with van der Waals surface area (Å²) in [5.41, 5.74) is 0. The molecule has 0 aliphatic heterocycles. The van der Waals surface area contributed by atoms with Gasteiger partial charge in [0.05, 0.1) is 6.61 Å². The van der Waals surface area contributed by atoms with Crippen LogP contribution in [0.15, 0.2) is 18.5 Å². The predicted molar refractivity (Wildman–Crippen MR) is 51.1 cm³/mol. The maximum Gasteiger partial charge on any atom is 0.313 e. The van der Waals surface area contributed by atoms with E-state index in [1.54, 1.807) is 29.8 Å². The predicted octanol–water partition coefficient (Wildman–Crippen LogP) is 0.230. The second-order valence-corrected chi connectivity index (χ2v) is 2.89. The zero-order valence-corrected chi connectivity index (χ0v) is 8.25. The number of nitrogens with zero attached hydrogens (tertiary/aromatic N) is 4. The first-order valence-corrected chi connectivity index (χ1v) is 4.61. The zero-order valence-electron chi connectivity index (χ0n) is 8.25. The molecule has 0 aromatic carbocycles. The lowest BCUT2D eigenvalue weighted by molar-refractivity contribution is -0.142. The molecule has 78 valence electrons. The molecule has 0 saturated heterocycles. The second-order valence-electron chi connectivity index (χ2n) is 2.89. The Labute approximate surface area is 85.9 Å². The van der Waals surface area contributed by atoms with E-state index in [0.29, 0.717) is 18.2 Å². The van der Waals surface area contributed by atoms with Crippen LogP contribution in [0.25, 0.3) is 5.78 Å². The molecule has 2 aromatic heterocycles. The summed E-state index contributed by atoms with van der Waals surface area (Å²) in [4.78, 5) is 15.2. The van der Waals surface area contributed by atoms with Crippen LogP contribution in [0.2, 0.25) is 0 Å². The first-order chi connectivity index (χ1) is 7.31. The zero-order chi connectivity index (χ0) is 10.7. The van der Waals surface area contributed by atoms with Gasteiger partial charge in [0, 0.05) is 12.4 Å². The Morgan fingerprint density at radius 1 is 1.53 bits per heavy atom. The molecule has 15 heavy (non-hydrogen) atoms. The maximum absolute atomic E-state index is 11.2. The van der Waals surface area contributed by atoms with E-state index in [4.69, 9.17) is 4.74 Å². The summed E-state index contributed by atoms with van der Waals surface area (Å²) in [5, 5.41) is 7.69. The third-order valence-corrected chi connectivity index (χ3v) is 1.87. The van der Waals surface area contributed by atoms with Crippen molar-refractivity contribution in [1.82, 2.24) is 19.6 Å². The summed E-state index contributed by atoms with van der Waals surface area (Å²) in [7, 11) is 0. The van der Waals surface area contributed by atoms with Crippen molar-refractivity contribution >= 4 is 11.7 Å². The van der Waals surface area contributed by atoms with Crippen LogP contribution >= 0.6 is 0 Å². The van der Waals surface area contributed by atoms with Crippen LogP contribution in [0.1, 0.15) is 12.7 Å². The van der Waals surface area contributed by atoms with Gasteiger partial charge in [0.2, 0.25) is 0 Å². The van der Waals surface area contributed by atoms with Crippen molar-refractivity contribution < 1.29 is 9.53 Å². The molecular weight excluding hydrogens is 196 g/mol. The normalized spacial score (nSPS) is 10.5. The van der Waals surface area contributed by atoms with Crippen LogP contribution in [0.3, 0.4) is 0 Å². The van der Waals surface area contributed by atoms with Crippen LogP contribution in [0, 0.1) is 0 Å². The molecule has 0 bridgehead atoms. The van der Waals surface area contributed by atoms with Crippen LogP contribution < -0.4 is 0 Å². The smallest absolute Gasteiger partial charge is 0.313 e. The Morgan fingerprint density at radius 3 is 3.20 bits per heavy atom. The standard InChI is InChI=1S/C9H10N4O2/c1-2-15-8(14)6-7-11-12-9-10-4-3-5-13(7)9/h3-5H,2,6H2,1H3. The van der Waals surface area contributed by atoms with Crippen LogP contribution in [-0.4, -0.2) is 32.2 Å². The molecule has 0 atom stereocenters. The van der Waals surface area contributed by atoms with Crippen LogP contribution in [0.5, 0.6) is 0 Å². The molecule has 0 aliphatic carbocycles. The molecule has 0 unspecified atom stereocenters. The number of rotatable bonds is 3. The first-order valence-electron chi connectivity index (χ1n) is 4.61. The van der Waals surface area contributed by atoms with Crippen LogP contribution in [-0.2, 0) is 16.0 Å². The Kier molecular flexibility index (Phi) is 2.57. The number of hydrogen-bond donors (Lipinski definition) is 0. The number of carbonyl (C=O) groups excluding carboxylic acids is 1. The number of aromatic nitrogens is 4. The highest BCUT2D eigenvalue weighted by Gasteiger charge is 2.10. The van der Waals surface area contributed by atoms with Gasteiger partial charge in [-0.15, -0.1) is 10.2 Å². The highest BCUT2D eigenvalue weighted by atomic mass is 16.5. The lowest BCUT2D eigenvalue weighted by Gasteiger charge is -1.99. The van der Waals surface area contributed by atoms with E-state index in [2.05, 4.69) is 15.2 Å². The van der Waals surface area contributed by atoms with Gasteiger partial charge in [-0.1, -0.05) is 0 Å². The van der Waals surface area contributed by atoms with E-state index in [1.807, 2.05) is 0 Å². The van der Waals surface area contributed by atoms with E-state index in [-0.39, 0.29) is 12.4 Å². The average molecular weight is 206 g/mol. The number of hydrogen-bond acceptors (Lipinski definition) is 5. The van der Waals surface area contributed by atoms with Gasteiger partial charge in [-0.2, -0.15) is 0 Å². The SMILES string of the molecule is CCOC(=O)Cc1nnc2ncccn12. The Morgan fingerprint density at radius 2 is 2.40 bits per heavy atom. The van der Waals surface area contributed by atoms with Gasteiger partial charge >= 0.3 is 5.97 Å². The van der Waals surface area contributed by atoms with E-state index in [1.165, 1.54) is 0 Å². The van der Waals surface area contributed by atoms with Gasteiger partial charge in [0.15, 0.2) is 0 Å². The second kappa shape index (κ2) is 4.04. The van der Waals surface area contributed by atoms with Gasteiger partial charge in [0.25, 0.3) is 5.78 Å². The third kappa shape index (κ3) is 1.93. The fraction of sp³-hybridized carbons (Fsp3) is 0.333. The molecule has 2 rings (SSSR count). The largest absolute Gasteiger partial charge is 0.466 e. The Bertz CT molecular complexity index is 480. The van der Waals surface area contributed by atoms with Crippen molar-refractivity contribution in [3.63, 3.8) is 0 Å². The average Bonchev–Trinajstić information content (AvgIpc) is 2.62. The van der Waals surface area contributed by atoms with E-state index >= 15 is 0 Å². The van der Waals surface area contributed by atoms with Crippen molar-refractivity contribution in [1.29, 1.82) is 0 Å². The van der Waals surface area contributed by atoms with Gasteiger partial charge < -0.3 is 4.74 Å². The van der Waals surface area contributed by atoms with E-state index < -0.39 is 0 Å². The monoisotopic (exact) mass is 206 g/mol. The Hall–Kier alpha value is -1.98. The van der Waals surface area contributed by atoms with Crippen LogP contribution in [0.4, 0.5) is 0 Å². The minimum atomic E-state index is -0.310. The number of fused-ring (bicyclic) bond motifs is 1. The summed E-state index contributed by atoms with van der Waals surface area (Å²) >= 11 is 0. The summed E-state index contributed by atoms with van der Waals surface area (Å²) in [5.74, 6) is 0.712. The molecule has 0 N–H and O–H groups in total. The minimum Gasteiger partial charge on any atom is -0.466 e. The van der Waals surface area contributed by atoms with E-state index in [9.17, 15) is 4.79 Å². The molecule has 6 heteroatoms. The van der Waals surface area contributed by atoms with Crippen molar-refractivity contribution in [3.8, 4) is 0 Å². The number of carbonyl (C=O) groups is 1. The molecule has 6 nitrogen and oxygen atoms in total. The third-order valence-electron chi connectivity index (χ3n) is 1.87. The summed E-state index contributed by atoms with van der Waals surface area (Å²) < 4.78 is 6.49. The quantitative estimate of drug-likeness (QED) is 0.672. The molecule has 2 aromatic rings.